The highest BCUT2D eigenvalue weighted by molar-refractivity contribution is 7.10. The van der Waals surface area contributed by atoms with Crippen molar-refractivity contribution in [2.24, 2.45) is 0 Å². The normalized spacial score (nSPS) is 14.5. The predicted molar refractivity (Wildman–Crippen MR) is 95.0 cm³/mol. The van der Waals surface area contributed by atoms with Crippen LogP contribution >= 0.6 is 11.3 Å². The number of thiophene rings is 1. The molecule has 3 aromatic rings. The molecule has 0 unspecified atom stereocenters. The first-order valence-corrected chi connectivity index (χ1v) is 8.86. The van der Waals surface area contributed by atoms with Gasteiger partial charge in [-0.15, -0.1) is 11.3 Å². The second kappa shape index (κ2) is 6.30. The largest absolute Gasteiger partial charge is 0.306 e. The van der Waals surface area contributed by atoms with Crippen LogP contribution in [-0.4, -0.2) is 26.4 Å². The summed E-state index contributed by atoms with van der Waals surface area (Å²) in [7, 11) is 0. The third-order valence-electron chi connectivity index (χ3n) is 4.42. The minimum Gasteiger partial charge on any atom is -0.306 e. The van der Waals surface area contributed by atoms with E-state index in [9.17, 15) is 4.79 Å². The molecule has 0 aliphatic carbocycles. The lowest BCUT2D eigenvalue weighted by Crippen LogP contribution is -2.35. The minimum atomic E-state index is -0.0357. The van der Waals surface area contributed by atoms with E-state index < -0.39 is 0 Å². The average Bonchev–Trinajstić information content (AvgIpc) is 3.01. The molecular formula is C18H18N4OS. The number of nitrogens with zero attached hydrogens (tertiary/aromatic N) is 3. The van der Waals surface area contributed by atoms with Crippen molar-refractivity contribution in [2.75, 3.05) is 6.54 Å². The fourth-order valence-electron chi connectivity index (χ4n) is 3.02. The number of aromatic nitrogens is 3. The first kappa shape index (κ1) is 15.2. The monoisotopic (exact) mass is 338 g/mol. The molecule has 0 radical (unpaired) electrons. The number of hydrogen-bond acceptors (Lipinski definition) is 5. The van der Waals surface area contributed by atoms with Gasteiger partial charge in [-0.25, -0.2) is 4.98 Å². The van der Waals surface area contributed by atoms with Crippen LogP contribution in [0, 0.1) is 6.92 Å². The van der Waals surface area contributed by atoms with Gasteiger partial charge in [-0.2, -0.15) is 0 Å². The molecule has 3 aromatic heterocycles. The summed E-state index contributed by atoms with van der Waals surface area (Å²) in [5.41, 5.74) is 3.84. The van der Waals surface area contributed by atoms with Gasteiger partial charge in [0.25, 0.3) is 5.56 Å². The van der Waals surface area contributed by atoms with E-state index in [-0.39, 0.29) is 5.56 Å². The number of H-pyrrole nitrogens is 1. The smallest absolute Gasteiger partial charge is 0.255 e. The maximum absolute atomic E-state index is 12.5. The van der Waals surface area contributed by atoms with E-state index in [0.29, 0.717) is 12.4 Å². The third-order valence-corrected chi connectivity index (χ3v) is 5.43. The summed E-state index contributed by atoms with van der Waals surface area (Å²) in [5.74, 6) is 0.606. The first-order valence-electron chi connectivity index (χ1n) is 7.98. The molecule has 0 fully saturated rings. The van der Waals surface area contributed by atoms with E-state index in [1.165, 1.54) is 10.4 Å². The maximum Gasteiger partial charge on any atom is 0.255 e. The van der Waals surface area contributed by atoms with E-state index in [2.05, 4.69) is 38.2 Å². The van der Waals surface area contributed by atoms with Crippen molar-refractivity contribution >= 4 is 11.3 Å². The predicted octanol–water partition coefficient (Wildman–Crippen LogP) is 2.76. The van der Waals surface area contributed by atoms with Crippen molar-refractivity contribution in [3.63, 3.8) is 0 Å². The lowest BCUT2D eigenvalue weighted by molar-refractivity contribution is 0.243. The van der Waals surface area contributed by atoms with Gasteiger partial charge in [0.15, 0.2) is 0 Å². The minimum absolute atomic E-state index is 0.0357. The van der Waals surface area contributed by atoms with Gasteiger partial charge in [0.1, 0.15) is 5.82 Å². The standard InChI is InChI=1S/C18H18N4OS/c1-12-5-8-24-16(12)11-22-7-4-15-14(10-22)18(23)21-17(20-15)13-3-2-6-19-9-13/h2-3,5-6,8-9H,4,7,10-11H2,1H3,(H,20,21,23). The highest BCUT2D eigenvalue weighted by Gasteiger charge is 2.22. The third kappa shape index (κ3) is 2.90. The molecule has 0 amide bonds. The van der Waals surface area contributed by atoms with Crippen LogP contribution in [0.3, 0.4) is 0 Å². The van der Waals surface area contributed by atoms with Gasteiger partial charge >= 0.3 is 0 Å². The Balaban J connectivity index is 1.61. The van der Waals surface area contributed by atoms with Crippen LogP contribution in [0.15, 0.2) is 40.8 Å². The number of rotatable bonds is 3. The fraction of sp³-hybridized carbons (Fsp3) is 0.278. The number of nitrogens with one attached hydrogen (secondary N) is 1. The zero-order chi connectivity index (χ0) is 16.5. The lowest BCUT2D eigenvalue weighted by Gasteiger charge is -2.27. The van der Waals surface area contributed by atoms with Gasteiger partial charge in [0, 0.05) is 48.9 Å². The summed E-state index contributed by atoms with van der Waals surface area (Å²) in [5, 5.41) is 2.12. The van der Waals surface area contributed by atoms with Crippen LogP contribution in [0.1, 0.15) is 21.7 Å². The molecule has 1 aliphatic rings. The Bertz CT molecular complexity index is 916. The van der Waals surface area contributed by atoms with Crippen molar-refractivity contribution in [1.29, 1.82) is 0 Å². The second-order valence-electron chi connectivity index (χ2n) is 6.07. The molecular weight excluding hydrogens is 320 g/mol. The molecule has 4 heterocycles. The van der Waals surface area contributed by atoms with Gasteiger partial charge in [-0.3, -0.25) is 14.7 Å². The van der Waals surface area contributed by atoms with Gasteiger partial charge in [-0.1, -0.05) is 0 Å². The van der Waals surface area contributed by atoms with Gasteiger partial charge in [0.2, 0.25) is 0 Å². The van der Waals surface area contributed by atoms with Crippen molar-refractivity contribution in [2.45, 2.75) is 26.4 Å². The zero-order valence-electron chi connectivity index (χ0n) is 13.5. The van der Waals surface area contributed by atoms with Crippen molar-refractivity contribution in [3.05, 3.63) is 68.0 Å². The van der Waals surface area contributed by atoms with Crippen LogP contribution < -0.4 is 5.56 Å². The van der Waals surface area contributed by atoms with E-state index in [0.717, 1.165) is 36.3 Å². The molecule has 5 nitrogen and oxygen atoms in total. The second-order valence-corrected chi connectivity index (χ2v) is 7.07. The zero-order valence-corrected chi connectivity index (χ0v) is 14.3. The van der Waals surface area contributed by atoms with Crippen molar-refractivity contribution in [3.8, 4) is 11.4 Å². The molecule has 0 saturated heterocycles. The molecule has 1 aliphatic heterocycles. The Morgan fingerprint density at radius 1 is 1.38 bits per heavy atom. The molecule has 0 aromatic carbocycles. The van der Waals surface area contributed by atoms with Crippen LogP contribution in [0.2, 0.25) is 0 Å². The summed E-state index contributed by atoms with van der Waals surface area (Å²) in [6.45, 7) is 4.61. The number of hydrogen-bond donors (Lipinski definition) is 1. The Labute approximate surface area is 144 Å². The molecule has 0 atom stereocenters. The van der Waals surface area contributed by atoms with E-state index >= 15 is 0 Å². The fourth-order valence-corrected chi connectivity index (χ4v) is 3.97. The van der Waals surface area contributed by atoms with E-state index in [1.807, 2.05) is 12.1 Å². The van der Waals surface area contributed by atoms with Gasteiger partial charge < -0.3 is 4.98 Å². The van der Waals surface area contributed by atoms with E-state index in [4.69, 9.17) is 0 Å². The number of fused-ring (bicyclic) bond motifs is 1. The number of aryl methyl sites for hydroxylation is 1. The number of aromatic amines is 1. The Morgan fingerprint density at radius 3 is 3.04 bits per heavy atom. The first-order chi connectivity index (χ1) is 11.7. The Morgan fingerprint density at radius 2 is 2.29 bits per heavy atom. The molecule has 0 bridgehead atoms. The molecule has 122 valence electrons. The van der Waals surface area contributed by atoms with Crippen LogP contribution in [0.25, 0.3) is 11.4 Å². The summed E-state index contributed by atoms with van der Waals surface area (Å²) in [6.07, 6.45) is 4.24. The quantitative estimate of drug-likeness (QED) is 0.798. The number of pyridine rings is 1. The van der Waals surface area contributed by atoms with Crippen molar-refractivity contribution < 1.29 is 0 Å². The van der Waals surface area contributed by atoms with Crippen LogP contribution in [0.5, 0.6) is 0 Å². The molecule has 1 N–H and O–H groups in total. The summed E-state index contributed by atoms with van der Waals surface area (Å²) >= 11 is 1.78. The molecule has 0 spiro atoms. The molecule has 24 heavy (non-hydrogen) atoms. The van der Waals surface area contributed by atoms with E-state index in [1.54, 1.807) is 23.7 Å². The summed E-state index contributed by atoms with van der Waals surface area (Å²) < 4.78 is 0. The Kier molecular flexibility index (Phi) is 4.00. The van der Waals surface area contributed by atoms with Gasteiger partial charge in [-0.05, 0) is 36.1 Å². The van der Waals surface area contributed by atoms with Gasteiger partial charge in [0.05, 0.1) is 11.3 Å². The molecule has 6 heteroatoms. The summed E-state index contributed by atoms with van der Waals surface area (Å²) in [6, 6.07) is 5.90. The maximum atomic E-state index is 12.5. The SMILES string of the molecule is Cc1ccsc1CN1CCc2nc(-c3cccnc3)[nH]c(=O)c2C1. The van der Waals surface area contributed by atoms with Crippen LogP contribution in [-0.2, 0) is 19.5 Å². The van der Waals surface area contributed by atoms with Crippen molar-refractivity contribution in [1.82, 2.24) is 19.9 Å². The topological polar surface area (TPSA) is 61.9 Å². The molecule has 4 rings (SSSR count). The highest BCUT2D eigenvalue weighted by atomic mass is 32.1. The Hall–Kier alpha value is -2.31. The highest BCUT2D eigenvalue weighted by Crippen LogP contribution is 2.22. The average molecular weight is 338 g/mol. The van der Waals surface area contributed by atoms with Crippen LogP contribution in [0.4, 0.5) is 0 Å². The molecule has 0 saturated carbocycles. The lowest BCUT2D eigenvalue weighted by atomic mass is 10.1. The summed E-state index contributed by atoms with van der Waals surface area (Å²) in [4.78, 5) is 27.9.